The summed E-state index contributed by atoms with van der Waals surface area (Å²) in [7, 11) is 0. The van der Waals surface area contributed by atoms with E-state index in [0.717, 1.165) is 21.4 Å². The molecule has 1 aromatic heterocycles. The SMILES string of the molecule is Cc1nn(Cc2cccc(C(=O)Nc3ccc(Br)cc3F)c2)c(C)c1Br. The van der Waals surface area contributed by atoms with Crippen LogP contribution >= 0.6 is 31.9 Å². The van der Waals surface area contributed by atoms with Gasteiger partial charge in [-0.15, -0.1) is 0 Å². The molecule has 0 radical (unpaired) electrons. The molecule has 0 spiro atoms. The molecule has 134 valence electrons. The minimum atomic E-state index is -0.489. The van der Waals surface area contributed by atoms with Crippen molar-refractivity contribution < 1.29 is 9.18 Å². The van der Waals surface area contributed by atoms with Crippen LogP contribution in [-0.2, 0) is 6.54 Å². The fraction of sp³-hybridized carbons (Fsp3) is 0.158. The Hall–Kier alpha value is -1.99. The Kier molecular flexibility index (Phi) is 5.58. The number of carbonyl (C=O) groups excluding carboxylic acids is 1. The zero-order valence-corrected chi connectivity index (χ0v) is 17.4. The number of hydrogen-bond donors (Lipinski definition) is 1. The number of nitrogens with zero attached hydrogens (tertiary/aromatic N) is 2. The van der Waals surface area contributed by atoms with Gasteiger partial charge in [0.25, 0.3) is 5.91 Å². The average Bonchev–Trinajstić information content (AvgIpc) is 2.84. The molecule has 1 heterocycles. The van der Waals surface area contributed by atoms with Crippen LogP contribution in [0.25, 0.3) is 0 Å². The maximum atomic E-state index is 13.9. The smallest absolute Gasteiger partial charge is 0.255 e. The Morgan fingerprint density at radius 1 is 1.19 bits per heavy atom. The van der Waals surface area contributed by atoms with Crippen molar-refractivity contribution in [3.05, 3.63) is 79.7 Å². The van der Waals surface area contributed by atoms with Gasteiger partial charge in [0.2, 0.25) is 0 Å². The molecule has 0 aliphatic rings. The molecule has 7 heteroatoms. The van der Waals surface area contributed by atoms with Crippen molar-refractivity contribution in [2.75, 3.05) is 5.32 Å². The van der Waals surface area contributed by atoms with E-state index in [1.165, 1.54) is 12.1 Å². The van der Waals surface area contributed by atoms with Crippen molar-refractivity contribution in [3.63, 3.8) is 0 Å². The largest absolute Gasteiger partial charge is 0.319 e. The van der Waals surface area contributed by atoms with Crippen LogP contribution in [0.4, 0.5) is 10.1 Å². The first-order chi connectivity index (χ1) is 12.3. The highest BCUT2D eigenvalue weighted by molar-refractivity contribution is 9.10. The Labute approximate surface area is 167 Å². The van der Waals surface area contributed by atoms with Gasteiger partial charge in [0.15, 0.2) is 0 Å². The molecule has 0 atom stereocenters. The Bertz CT molecular complexity index is 985. The summed E-state index contributed by atoms with van der Waals surface area (Å²) in [6.45, 7) is 4.47. The predicted octanol–water partition coefficient (Wildman–Crippen LogP) is 5.46. The van der Waals surface area contributed by atoms with Gasteiger partial charge in [0.1, 0.15) is 5.82 Å². The normalized spacial score (nSPS) is 10.8. The van der Waals surface area contributed by atoms with Gasteiger partial charge in [-0.1, -0.05) is 28.1 Å². The molecule has 0 bridgehead atoms. The van der Waals surface area contributed by atoms with Gasteiger partial charge in [-0.2, -0.15) is 5.10 Å². The second-order valence-corrected chi connectivity index (χ2v) is 7.63. The van der Waals surface area contributed by atoms with E-state index in [-0.39, 0.29) is 11.6 Å². The molecule has 26 heavy (non-hydrogen) atoms. The molecule has 0 aliphatic heterocycles. The van der Waals surface area contributed by atoms with Crippen LogP contribution in [0.15, 0.2) is 51.4 Å². The number of amides is 1. The summed E-state index contributed by atoms with van der Waals surface area (Å²) in [5, 5.41) is 7.09. The van der Waals surface area contributed by atoms with Gasteiger partial charge < -0.3 is 5.32 Å². The summed E-state index contributed by atoms with van der Waals surface area (Å²) < 4.78 is 17.4. The first kappa shape index (κ1) is 18.8. The quantitative estimate of drug-likeness (QED) is 0.538. The van der Waals surface area contributed by atoms with Crippen molar-refractivity contribution in [1.82, 2.24) is 9.78 Å². The zero-order chi connectivity index (χ0) is 18.8. The third-order valence-electron chi connectivity index (χ3n) is 3.99. The molecule has 0 fully saturated rings. The lowest BCUT2D eigenvalue weighted by Crippen LogP contribution is -2.14. The van der Waals surface area contributed by atoms with Crippen molar-refractivity contribution in [1.29, 1.82) is 0 Å². The maximum absolute atomic E-state index is 13.9. The summed E-state index contributed by atoms with van der Waals surface area (Å²) in [5.74, 6) is -0.848. The fourth-order valence-corrected chi connectivity index (χ4v) is 3.22. The van der Waals surface area contributed by atoms with Crippen molar-refractivity contribution >= 4 is 43.5 Å². The van der Waals surface area contributed by atoms with Crippen molar-refractivity contribution in [3.8, 4) is 0 Å². The third kappa shape index (κ3) is 4.04. The van der Waals surface area contributed by atoms with E-state index in [1.807, 2.05) is 30.7 Å². The molecule has 0 saturated carbocycles. The topological polar surface area (TPSA) is 46.9 Å². The second-order valence-electron chi connectivity index (χ2n) is 5.92. The summed E-state index contributed by atoms with van der Waals surface area (Å²) in [4.78, 5) is 12.5. The van der Waals surface area contributed by atoms with Gasteiger partial charge in [0.05, 0.1) is 28.1 Å². The van der Waals surface area contributed by atoms with Gasteiger partial charge in [-0.25, -0.2) is 4.39 Å². The molecule has 2 aromatic carbocycles. The van der Waals surface area contributed by atoms with Crippen LogP contribution in [0, 0.1) is 19.7 Å². The molecular formula is C19H16Br2FN3O. The number of aromatic nitrogens is 2. The Morgan fingerprint density at radius 2 is 1.96 bits per heavy atom. The molecule has 3 rings (SSSR count). The molecular weight excluding hydrogens is 465 g/mol. The summed E-state index contributed by atoms with van der Waals surface area (Å²) in [6.07, 6.45) is 0. The lowest BCUT2D eigenvalue weighted by Gasteiger charge is -2.09. The standard InChI is InChI=1S/C19H16Br2FN3O/c1-11-18(21)12(2)25(24-11)10-13-4-3-5-14(8-13)19(26)23-17-7-6-15(20)9-16(17)22/h3-9H,10H2,1-2H3,(H,23,26). The van der Waals surface area contributed by atoms with Crippen LogP contribution in [0.2, 0.25) is 0 Å². The summed E-state index contributed by atoms with van der Waals surface area (Å²) in [6, 6.07) is 11.7. The van der Waals surface area contributed by atoms with E-state index >= 15 is 0 Å². The van der Waals surface area contributed by atoms with Crippen molar-refractivity contribution in [2.45, 2.75) is 20.4 Å². The first-order valence-electron chi connectivity index (χ1n) is 7.90. The molecule has 0 aliphatic carbocycles. The Balaban J connectivity index is 1.80. The molecule has 4 nitrogen and oxygen atoms in total. The van der Waals surface area contributed by atoms with E-state index in [0.29, 0.717) is 16.6 Å². The second kappa shape index (κ2) is 7.72. The van der Waals surface area contributed by atoms with Crippen LogP contribution < -0.4 is 5.32 Å². The number of rotatable bonds is 4. The van der Waals surface area contributed by atoms with E-state index in [1.54, 1.807) is 18.2 Å². The van der Waals surface area contributed by atoms with E-state index in [2.05, 4.69) is 42.3 Å². The highest BCUT2D eigenvalue weighted by atomic mass is 79.9. The van der Waals surface area contributed by atoms with Gasteiger partial charge >= 0.3 is 0 Å². The number of anilines is 1. The first-order valence-corrected chi connectivity index (χ1v) is 9.48. The number of hydrogen-bond acceptors (Lipinski definition) is 2. The molecule has 3 aromatic rings. The van der Waals surface area contributed by atoms with Gasteiger partial charge in [-0.05, 0) is 65.7 Å². The zero-order valence-electron chi connectivity index (χ0n) is 14.2. The molecule has 0 saturated heterocycles. The lowest BCUT2D eigenvalue weighted by atomic mass is 10.1. The monoisotopic (exact) mass is 479 g/mol. The average molecular weight is 481 g/mol. The molecule has 1 N–H and O–H groups in total. The van der Waals surface area contributed by atoms with E-state index < -0.39 is 5.82 Å². The van der Waals surface area contributed by atoms with Crippen LogP contribution in [0.3, 0.4) is 0 Å². The van der Waals surface area contributed by atoms with Crippen LogP contribution in [0.5, 0.6) is 0 Å². The Morgan fingerprint density at radius 3 is 2.62 bits per heavy atom. The summed E-state index contributed by atoms with van der Waals surface area (Å²) in [5.41, 5.74) is 3.49. The van der Waals surface area contributed by atoms with Crippen molar-refractivity contribution in [2.24, 2.45) is 0 Å². The summed E-state index contributed by atoms with van der Waals surface area (Å²) >= 11 is 6.71. The minimum Gasteiger partial charge on any atom is -0.319 e. The lowest BCUT2D eigenvalue weighted by molar-refractivity contribution is 0.102. The minimum absolute atomic E-state index is 0.145. The number of nitrogens with one attached hydrogen (secondary N) is 1. The fourth-order valence-electron chi connectivity index (χ4n) is 2.60. The highest BCUT2D eigenvalue weighted by Crippen LogP contribution is 2.22. The predicted molar refractivity (Wildman–Crippen MR) is 107 cm³/mol. The van der Waals surface area contributed by atoms with E-state index in [4.69, 9.17) is 0 Å². The molecule has 0 unspecified atom stereocenters. The number of benzene rings is 2. The number of carbonyl (C=O) groups is 1. The van der Waals surface area contributed by atoms with Gasteiger partial charge in [0, 0.05) is 10.0 Å². The maximum Gasteiger partial charge on any atom is 0.255 e. The molecule has 1 amide bonds. The highest BCUT2D eigenvalue weighted by Gasteiger charge is 2.12. The third-order valence-corrected chi connectivity index (χ3v) is 5.63. The van der Waals surface area contributed by atoms with E-state index in [9.17, 15) is 9.18 Å². The number of halogens is 3. The van der Waals surface area contributed by atoms with Gasteiger partial charge in [-0.3, -0.25) is 9.48 Å². The number of aryl methyl sites for hydroxylation is 1. The van der Waals surface area contributed by atoms with Crippen LogP contribution in [0.1, 0.15) is 27.3 Å². The van der Waals surface area contributed by atoms with Crippen LogP contribution in [-0.4, -0.2) is 15.7 Å².